The van der Waals surface area contributed by atoms with Gasteiger partial charge >= 0.3 is 0 Å². The molecule has 6 rings (SSSR count). The van der Waals surface area contributed by atoms with Crippen LogP contribution in [0.15, 0.2) is 78.0 Å². The summed E-state index contributed by atoms with van der Waals surface area (Å²) < 4.78 is 1.72. The SMILES string of the molecule is CCn1c(=O)c(-c2ccc(-c3cccnc3)s2)cc2cnc(Nc3ccc(N4CCN(C)CC4)cc3)nc21. The van der Waals surface area contributed by atoms with Crippen LogP contribution in [-0.4, -0.2) is 57.6 Å². The average molecular weight is 524 g/mol. The third-order valence-electron chi connectivity index (χ3n) is 6.95. The number of aromatic nitrogens is 4. The van der Waals surface area contributed by atoms with Gasteiger partial charge in [-0.2, -0.15) is 4.98 Å². The van der Waals surface area contributed by atoms with E-state index in [0.717, 1.165) is 52.6 Å². The quantitative estimate of drug-likeness (QED) is 0.332. The van der Waals surface area contributed by atoms with E-state index >= 15 is 0 Å². The summed E-state index contributed by atoms with van der Waals surface area (Å²) in [5.41, 5.74) is 4.39. The van der Waals surface area contributed by atoms with Crippen molar-refractivity contribution in [2.24, 2.45) is 0 Å². The number of hydrogen-bond acceptors (Lipinski definition) is 8. The van der Waals surface area contributed by atoms with Gasteiger partial charge in [0.25, 0.3) is 5.56 Å². The van der Waals surface area contributed by atoms with Gasteiger partial charge in [-0.25, -0.2) is 4.98 Å². The Bertz CT molecular complexity index is 1620. The largest absolute Gasteiger partial charge is 0.369 e. The summed E-state index contributed by atoms with van der Waals surface area (Å²) in [6.45, 7) is 6.69. The number of hydrogen-bond donors (Lipinski definition) is 1. The van der Waals surface area contributed by atoms with Crippen LogP contribution in [0.3, 0.4) is 0 Å². The molecule has 1 fully saturated rings. The van der Waals surface area contributed by atoms with Crippen LogP contribution in [0.5, 0.6) is 0 Å². The van der Waals surface area contributed by atoms with Crippen molar-refractivity contribution in [1.29, 1.82) is 0 Å². The monoisotopic (exact) mass is 523 g/mol. The maximum absolute atomic E-state index is 13.5. The molecule has 1 N–H and O–H groups in total. The minimum Gasteiger partial charge on any atom is -0.369 e. The predicted molar refractivity (Wildman–Crippen MR) is 155 cm³/mol. The number of likely N-dealkylation sites (N-methyl/N-ethyl adjacent to an activating group) is 1. The third kappa shape index (κ3) is 4.78. The molecule has 0 spiro atoms. The van der Waals surface area contributed by atoms with E-state index in [0.29, 0.717) is 23.7 Å². The van der Waals surface area contributed by atoms with E-state index in [1.165, 1.54) is 5.69 Å². The Hall–Kier alpha value is -4.08. The zero-order valence-electron chi connectivity index (χ0n) is 21.5. The fourth-order valence-electron chi connectivity index (χ4n) is 4.78. The molecule has 192 valence electrons. The van der Waals surface area contributed by atoms with Crippen molar-refractivity contribution in [3.05, 3.63) is 83.5 Å². The molecular formula is C29H29N7OS. The highest BCUT2D eigenvalue weighted by Crippen LogP contribution is 2.33. The molecule has 0 saturated carbocycles. The van der Waals surface area contributed by atoms with E-state index < -0.39 is 0 Å². The number of rotatable bonds is 6. The molecule has 0 bridgehead atoms. The molecule has 0 atom stereocenters. The number of benzene rings is 1. The van der Waals surface area contributed by atoms with E-state index in [-0.39, 0.29) is 5.56 Å². The molecule has 8 nitrogen and oxygen atoms in total. The molecule has 38 heavy (non-hydrogen) atoms. The summed E-state index contributed by atoms with van der Waals surface area (Å²) in [6, 6.07) is 18.2. The van der Waals surface area contributed by atoms with Gasteiger partial charge in [0.1, 0.15) is 5.65 Å². The fourth-order valence-corrected chi connectivity index (χ4v) is 5.79. The normalized spacial score (nSPS) is 14.2. The molecule has 0 amide bonds. The lowest BCUT2D eigenvalue weighted by Crippen LogP contribution is -2.44. The van der Waals surface area contributed by atoms with Crippen molar-refractivity contribution in [1.82, 2.24) is 24.4 Å². The number of fused-ring (bicyclic) bond motifs is 1. The van der Waals surface area contributed by atoms with Crippen LogP contribution in [-0.2, 0) is 6.54 Å². The second-order valence-corrected chi connectivity index (χ2v) is 10.5. The lowest BCUT2D eigenvalue weighted by molar-refractivity contribution is 0.313. The first-order valence-electron chi connectivity index (χ1n) is 12.8. The highest BCUT2D eigenvalue weighted by atomic mass is 32.1. The Balaban J connectivity index is 1.27. The fraction of sp³-hybridized carbons (Fsp3) is 0.241. The van der Waals surface area contributed by atoms with Crippen molar-refractivity contribution in [3.63, 3.8) is 0 Å². The maximum atomic E-state index is 13.5. The number of piperazine rings is 1. The molecule has 5 heterocycles. The Morgan fingerprint density at radius 2 is 1.76 bits per heavy atom. The molecule has 5 aromatic rings. The number of aryl methyl sites for hydroxylation is 1. The highest BCUT2D eigenvalue weighted by Gasteiger charge is 2.16. The summed E-state index contributed by atoms with van der Waals surface area (Å²) in [6.07, 6.45) is 5.38. The summed E-state index contributed by atoms with van der Waals surface area (Å²) in [7, 11) is 2.16. The van der Waals surface area contributed by atoms with E-state index in [1.807, 2.05) is 55.6 Å². The van der Waals surface area contributed by atoms with E-state index in [9.17, 15) is 4.79 Å². The second-order valence-electron chi connectivity index (χ2n) is 9.45. The minimum atomic E-state index is -0.0548. The molecule has 0 radical (unpaired) electrons. The Kier molecular flexibility index (Phi) is 6.61. The number of anilines is 3. The first-order valence-corrected chi connectivity index (χ1v) is 13.6. The smallest absolute Gasteiger partial charge is 0.260 e. The van der Waals surface area contributed by atoms with Gasteiger partial charge in [-0.05, 0) is 62.5 Å². The molecule has 9 heteroatoms. The van der Waals surface area contributed by atoms with Gasteiger partial charge in [0.05, 0.1) is 5.56 Å². The molecular weight excluding hydrogens is 494 g/mol. The first-order chi connectivity index (χ1) is 18.6. The van der Waals surface area contributed by atoms with E-state index in [2.05, 4.69) is 44.3 Å². The summed E-state index contributed by atoms with van der Waals surface area (Å²) in [5.74, 6) is 0.467. The predicted octanol–water partition coefficient (Wildman–Crippen LogP) is 5.10. The van der Waals surface area contributed by atoms with Crippen LogP contribution in [0.2, 0.25) is 0 Å². The summed E-state index contributed by atoms with van der Waals surface area (Å²) in [4.78, 5) is 33.7. The van der Waals surface area contributed by atoms with Crippen LogP contribution in [0.25, 0.3) is 31.9 Å². The standard InChI is InChI=1S/C29H29N7OS/c1-3-36-27-21(17-24(28(36)37)26-11-10-25(38-26)20-5-4-12-30-18-20)19-31-29(33-27)32-22-6-8-23(9-7-22)35-15-13-34(2)14-16-35/h4-12,17-19H,3,13-16H2,1-2H3,(H,31,32,33). The molecule has 0 aliphatic carbocycles. The summed E-state index contributed by atoms with van der Waals surface area (Å²) in [5, 5.41) is 4.13. The van der Waals surface area contributed by atoms with Gasteiger partial charge in [-0.1, -0.05) is 6.07 Å². The molecule has 0 unspecified atom stereocenters. The lowest BCUT2D eigenvalue weighted by atomic mass is 10.2. The molecule has 4 aromatic heterocycles. The molecule has 1 aliphatic heterocycles. The van der Waals surface area contributed by atoms with Gasteiger partial charge in [0.15, 0.2) is 0 Å². The van der Waals surface area contributed by atoms with Crippen LogP contribution in [0.4, 0.5) is 17.3 Å². The van der Waals surface area contributed by atoms with Crippen molar-refractivity contribution < 1.29 is 0 Å². The zero-order valence-corrected chi connectivity index (χ0v) is 22.3. The van der Waals surface area contributed by atoms with Crippen molar-refractivity contribution >= 4 is 39.7 Å². The van der Waals surface area contributed by atoms with Crippen LogP contribution in [0, 0.1) is 0 Å². The maximum Gasteiger partial charge on any atom is 0.260 e. The third-order valence-corrected chi connectivity index (χ3v) is 8.12. The number of nitrogens with zero attached hydrogens (tertiary/aromatic N) is 6. The Morgan fingerprint density at radius 3 is 2.50 bits per heavy atom. The number of thiophene rings is 1. The number of pyridine rings is 2. The van der Waals surface area contributed by atoms with Crippen LogP contribution in [0.1, 0.15) is 6.92 Å². The molecule has 1 aromatic carbocycles. The van der Waals surface area contributed by atoms with Gasteiger partial charge < -0.3 is 15.1 Å². The van der Waals surface area contributed by atoms with Crippen molar-refractivity contribution in [3.8, 4) is 20.9 Å². The van der Waals surface area contributed by atoms with Gasteiger partial charge in [-0.3, -0.25) is 14.3 Å². The van der Waals surface area contributed by atoms with E-state index in [4.69, 9.17) is 4.98 Å². The first kappa shape index (κ1) is 24.3. The molecule has 1 aliphatic rings. The molecule has 1 saturated heterocycles. The van der Waals surface area contributed by atoms with Gasteiger partial charge in [0.2, 0.25) is 5.95 Å². The van der Waals surface area contributed by atoms with Crippen LogP contribution < -0.4 is 15.8 Å². The zero-order chi connectivity index (χ0) is 26.1. The van der Waals surface area contributed by atoms with Crippen molar-refractivity contribution in [2.45, 2.75) is 13.5 Å². The Morgan fingerprint density at radius 1 is 0.974 bits per heavy atom. The van der Waals surface area contributed by atoms with Gasteiger partial charge in [-0.15, -0.1) is 11.3 Å². The van der Waals surface area contributed by atoms with Crippen LogP contribution >= 0.6 is 11.3 Å². The van der Waals surface area contributed by atoms with Crippen molar-refractivity contribution in [2.75, 3.05) is 43.4 Å². The van der Waals surface area contributed by atoms with E-state index in [1.54, 1.807) is 28.3 Å². The number of nitrogens with one attached hydrogen (secondary N) is 1. The topological polar surface area (TPSA) is 79.2 Å². The lowest BCUT2D eigenvalue weighted by Gasteiger charge is -2.34. The van der Waals surface area contributed by atoms with Gasteiger partial charge in [0, 0.05) is 83.4 Å². The average Bonchev–Trinajstić information content (AvgIpc) is 3.44. The Labute approximate surface area is 225 Å². The minimum absolute atomic E-state index is 0.0548. The second kappa shape index (κ2) is 10.4. The highest BCUT2D eigenvalue weighted by molar-refractivity contribution is 7.18. The summed E-state index contributed by atoms with van der Waals surface area (Å²) >= 11 is 1.59.